The maximum atomic E-state index is 12.8. The van der Waals surface area contributed by atoms with Crippen LogP contribution in [-0.4, -0.2) is 24.0 Å². The molecule has 0 aliphatic carbocycles. The molecule has 0 saturated carbocycles. The molecule has 1 N–H and O–H groups in total. The largest absolute Gasteiger partial charge is 0.455 e. The first kappa shape index (κ1) is 20.2. The first-order chi connectivity index (χ1) is 12.9. The monoisotopic (exact) mass is 364 g/mol. The lowest BCUT2D eigenvalue weighted by Crippen LogP contribution is -2.50. The number of rotatable bonds is 7. The van der Waals surface area contributed by atoms with E-state index in [9.17, 15) is 14.9 Å². The summed E-state index contributed by atoms with van der Waals surface area (Å²) in [5.74, 6) is -1.71. The summed E-state index contributed by atoms with van der Waals surface area (Å²) in [6.07, 6.45) is 0. The Bertz CT molecular complexity index is 773. The van der Waals surface area contributed by atoms with Crippen LogP contribution in [0.1, 0.15) is 37.8 Å². The van der Waals surface area contributed by atoms with E-state index in [0.29, 0.717) is 0 Å². The number of nitrogens with zero attached hydrogens (tertiary/aromatic N) is 1. The Balaban J connectivity index is 2.11. The number of hydrogen-bond acceptors (Lipinski definition) is 4. The van der Waals surface area contributed by atoms with Gasteiger partial charge in [0.2, 0.25) is 0 Å². The van der Waals surface area contributed by atoms with Crippen molar-refractivity contribution < 1.29 is 14.3 Å². The minimum Gasteiger partial charge on any atom is -0.455 e. The Morgan fingerprint density at radius 2 is 1.52 bits per heavy atom. The fourth-order valence-corrected chi connectivity index (χ4v) is 2.60. The van der Waals surface area contributed by atoms with Crippen molar-refractivity contribution >= 4 is 11.9 Å². The van der Waals surface area contributed by atoms with Gasteiger partial charge in [0, 0.05) is 0 Å². The SMILES string of the molecule is CC(C)[C@](C)(C#N)NC(=O)COC(=O)C(c1ccccc1)c1ccccc1. The van der Waals surface area contributed by atoms with Gasteiger partial charge < -0.3 is 10.1 Å². The van der Waals surface area contributed by atoms with Gasteiger partial charge in [0.25, 0.3) is 5.91 Å². The summed E-state index contributed by atoms with van der Waals surface area (Å²) in [6.45, 7) is 4.90. The first-order valence-electron chi connectivity index (χ1n) is 8.86. The number of amides is 1. The molecule has 5 heteroatoms. The van der Waals surface area contributed by atoms with Crippen LogP contribution in [0.3, 0.4) is 0 Å². The van der Waals surface area contributed by atoms with Crippen LogP contribution in [0.4, 0.5) is 0 Å². The smallest absolute Gasteiger partial charge is 0.318 e. The average molecular weight is 364 g/mol. The van der Waals surface area contributed by atoms with Gasteiger partial charge >= 0.3 is 5.97 Å². The Morgan fingerprint density at radius 1 is 1.04 bits per heavy atom. The zero-order chi connectivity index (χ0) is 19.9. The van der Waals surface area contributed by atoms with Gasteiger partial charge in [0.1, 0.15) is 11.5 Å². The van der Waals surface area contributed by atoms with Gasteiger partial charge in [-0.2, -0.15) is 5.26 Å². The highest BCUT2D eigenvalue weighted by atomic mass is 16.5. The fraction of sp³-hybridized carbons (Fsp3) is 0.318. The Morgan fingerprint density at radius 3 is 1.93 bits per heavy atom. The van der Waals surface area contributed by atoms with Crippen molar-refractivity contribution in [3.05, 3.63) is 71.8 Å². The molecule has 0 spiro atoms. The Hall–Kier alpha value is -3.13. The fourth-order valence-electron chi connectivity index (χ4n) is 2.60. The molecule has 27 heavy (non-hydrogen) atoms. The van der Waals surface area contributed by atoms with Crippen LogP contribution >= 0.6 is 0 Å². The minimum atomic E-state index is -1.01. The van der Waals surface area contributed by atoms with E-state index < -0.39 is 29.9 Å². The number of esters is 1. The average Bonchev–Trinajstić information content (AvgIpc) is 2.68. The molecule has 0 radical (unpaired) electrons. The molecule has 1 atom stereocenters. The molecule has 140 valence electrons. The third-order valence-electron chi connectivity index (χ3n) is 4.63. The number of nitrogens with one attached hydrogen (secondary N) is 1. The van der Waals surface area contributed by atoms with Crippen molar-refractivity contribution in [2.45, 2.75) is 32.2 Å². The van der Waals surface area contributed by atoms with Gasteiger partial charge in [-0.25, -0.2) is 0 Å². The van der Waals surface area contributed by atoms with Crippen LogP contribution in [0, 0.1) is 17.2 Å². The molecule has 2 aromatic rings. The van der Waals surface area contributed by atoms with Gasteiger partial charge in [0.05, 0.1) is 6.07 Å². The summed E-state index contributed by atoms with van der Waals surface area (Å²) in [7, 11) is 0. The van der Waals surface area contributed by atoms with E-state index in [2.05, 4.69) is 11.4 Å². The molecule has 0 bridgehead atoms. The number of ether oxygens (including phenoxy) is 1. The molecule has 0 fully saturated rings. The normalized spacial score (nSPS) is 12.9. The van der Waals surface area contributed by atoms with Crippen molar-refractivity contribution in [1.82, 2.24) is 5.32 Å². The predicted molar refractivity (Wildman–Crippen MR) is 103 cm³/mol. The molecular formula is C22H24N2O3. The lowest BCUT2D eigenvalue weighted by atomic mass is 9.90. The molecule has 0 heterocycles. The van der Waals surface area contributed by atoms with Crippen LogP contribution in [-0.2, 0) is 14.3 Å². The topological polar surface area (TPSA) is 79.2 Å². The van der Waals surface area contributed by atoms with E-state index in [1.807, 2.05) is 74.5 Å². The second-order valence-electron chi connectivity index (χ2n) is 6.88. The van der Waals surface area contributed by atoms with Gasteiger partial charge in [-0.3, -0.25) is 9.59 Å². The van der Waals surface area contributed by atoms with Crippen LogP contribution in [0.5, 0.6) is 0 Å². The third kappa shape index (κ3) is 5.18. The van der Waals surface area contributed by atoms with E-state index in [0.717, 1.165) is 11.1 Å². The molecule has 0 aromatic heterocycles. The number of carbonyl (C=O) groups excluding carboxylic acids is 2. The molecule has 0 aliphatic heterocycles. The molecule has 1 amide bonds. The standard InChI is InChI=1S/C22H24N2O3/c1-16(2)22(3,15-23)24-19(25)14-27-21(26)20(17-10-6-4-7-11-17)18-12-8-5-9-13-18/h4-13,16,20H,14H2,1-3H3,(H,24,25)/t22-/m0/s1. The van der Waals surface area contributed by atoms with Crippen molar-refractivity contribution in [2.75, 3.05) is 6.61 Å². The molecule has 0 unspecified atom stereocenters. The highest BCUT2D eigenvalue weighted by Gasteiger charge is 2.31. The van der Waals surface area contributed by atoms with Crippen LogP contribution < -0.4 is 5.32 Å². The van der Waals surface area contributed by atoms with E-state index in [1.54, 1.807) is 6.92 Å². The van der Waals surface area contributed by atoms with Crippen molar-refractivity contribution in [3.63, 3.8) is 0 Å². The Labute approximate surface area is 160 Å². The quantitative estimate of drug-likeness (QED) is 0.764. The highest BCUT2D eigenvalue weighted by Crippen LogP contribution is 2.26. The predicted octanol–water partition coefficient (Wildman–Crippen LogP) is 3.42. The summed E-state index contributed by atoms with van der Waals surface area (Å²) in [4.78, 5) is 24.9. The Kier molecular flexibility index (Phi) is 6.73. The first-order valence-corrected chi connectivity index (χ1v) is 8.86. The van der Waals surface area contributed by atoms with Crippen LogP contribution in [0.15, 0.2) is 60.7 Å². The zero-order valence-electron chi connectivity index (χ0n) is 15.8. The number of nitriles is 1. The van der Waals surface area contributed by atoms with Gasteiger partial charge in [-0.15, -0.1) is 0 Å². The molecule has 0 saturated heterocycles. The van der Waals surface area contributed by atoms with Crippen LogP contribution in [0.2, 0.25) is 0 Å². The lowest BCUT2D eigenvalue weighted by Gasteiger charge is -2.27. The van der Waals surface area contributed by atoms with E-state index in [4.69, 9.17) is 4.74 Å². The van der Waals surface area contributed by atoms with Crippen molar-refractivity contribution in [3.8, 4) is 6.07 Å². The summed E-state index contributed by atoms with van der Waals surface area (Å²) >= 11 is 0. The molecule has 2 rings (SSSR count). The molecule has 5 nitrogen and oxygen atoms in total. The number of hydrogen-bond donors (Lipinski definition) is 1. The zero-order valence-corrected chi connectivity index (χ0v) is 15.8. The summed E-state index contributed by atoms with van der Waals surface area (Å²) in [5.41, 5.74) is 0.568. The van der Waals surface area contributed by atoms with Gasteiger partial charge in [-0.05, 0) is 24.0 Å². The van der Waals surface area contributed by atoms with Gasteiger partial charge in [-0.1, -0.05) is 74.5 Å². The summed E-state index contributed by atoms with van der Waals surface area (Å²) < 4.78 is 5.28. The van der Waals surface area contributed by atoms with E-state index >= 15 is 0 Å². The summed E-state index contributed by atoms with van der Waals surface area (Å²) in [6, 6.07) is 20.7. The second kappa shape index (κ2) is 9.00. The van der Waals surface area contributed by atoms with E-state index in [-0.39, 0.29) is 5.92 Å². The van der Waals surface area contributed by atoms with Crippen molar-refractivity contribution in [2.24, 2.45) is 5.92 Å². The maximum absolute atomic E-state index is 12.8. The van der Waals surface area contributed by atoms with Gasteiger partial charge in [0.15, 0.2) is 6.61 Å². The highest BCUT2D eigenvalue weighted by molar-refractivity contribution is 5.86. The number of carbonyl (C=O) groups is 2. The number of benzene rings is 2. The molecule has 0 aliphatic rings. The maximum Gasteiger partial charge on any atom is 0.318 e. The summed E-state index contributed by atoms with van der Waals surface area (Å²) in [5, 5.41) is 11.9. The molecule has 2 aromatic carbocycles. The second-order valence-corrected chi connectivity index (χ2v) is 6.88. The van der Waals surface area contributed by atoms with E-state index in [1.165, 1.54) is 0 Å². The minimum absolute atomic E-state index is 0.0801. The third-order valence-corrected chi connectivity index (χ3v) is 4.63. The molecular weight excluding hydrogens is 340 g/mol. The lowest BCUT2D eigenvalue weighted by molar-refractivity contribution is -0.149. The van der Waals surface area contributed by atoms with Crippen molar-refractivity contribution in [1.29, 1.82) is 5.26 Å². The van der Waals surface area contributed by atoms with Crippen LogP contribution in [0.25, 0.3) is 0 Å².